The number of rotatable bonds is 3. The molecular weight excluding hydrogens is 372 g/mol. The lowest BCUT2D eigenvalue weighted by Crippen LogP contribution is -2.22. The van der Waals surface area contributed by atoms with E-state index in [1.165, 1.54) is 0 Å². The van der Waals surface area contributed by atoms with Gasteiger partial charge < -0.3 is 5.11 Å². The normalized spacial score (nSPS) is 11.5. The minimum absolute atomic E-state index is 0.109. The van der Waals surface area contributed by atoms with Crippen molar-refractivity contribution in [3.05, 3.63) is 113 Å². The third-order valence-corrected chi connectivity index (χ3v) is 5.13. The van der Waals surface area contributed by atoms with Crippen molar-refractivity contribution in [2.75, 3.05) is 0 Å². The fourth-order valence-electron chi connectivity index (χ4n) is 3.65. The van der Waals surface area contributed by atoms with Crippen LogP contribution in [0.2, 0.25) is 0 Å². The molecule has 4 heteroatoms. The van der Waals surface area contributed by atoms with Gasteiger partial charge in [-0.2, -0.15) is 0 Å². The summed E-state index contributed by atoms with van der Waals surface area (Å²) in [4.78, 5) is 18.3. The zero-order chi connectivity index (χ0) is 20.5. The molecule has 5 aromatic rings. The van der Waals surface area contributed by atoms with Gasteiger partial charge in [-0.25, -0.2) is 4.98 Å². The van der Waals surface area contributed by atoms with E-state index in [1.54, 1.807) is 22.8 Å². The van der Waals surface area contributed by atoms with Crippen LogP contribution < -0.4 is 5.56 Å². The fourth-order valence-corrected chi connectivity index (χ4v) is 3.65. The topological polar surface area (TPSA) is 55.1 Å². The molecule has 0 bridgehead atoms. The van der Waals surface area contributed by atoms with Gasteiger partial charge in [0.05, 0.1) is 16.6 Å². The molecule has 1 heterocycles. The molecule has 0 atom stereocenters. The predicted molar refractivity (Wildman–Crippen MR) is 122 cm³/mol. The Labute approximate surface area is 173 Å². The highest BCUT2D eigenvalue weighted by Crippen LogP contribution is 2.24. The van der Waals surface area contributed by atoms with Crippen LogP contribution in [0.1, 0.15) is 11.4 Å². The molecule has 4 nitrogen and oxygen atoms in total. The van der Waals surface area contributed by atoms with E-state index < -0.39 is 0 Å². The standard InChI is InChI=1S/C26H18N2O2/c29-20-15-12-18(13-16-20)14-17-25-27-23-10-4-3-9-22(23)26(30)28(25)24-11-5-7-19-6-1-2-8-21(19)24/h1-17,29H/b17-14+. The quantitative estimate of drug-likeness (QED) is 0.448. The number of benzene rings is 4. The van der Waals surface area contributed by atoms with Crippen molar-refractivity contribution in [1.82, 2.24) is 9.55 Å². The summed E-state index contributed by atoms with van der Waals surface area (Å²) in [6, 6.07) is 28.2. The van der Waals surface area contributed by atoms with Crippen LogP contribution in [0.25, 0.3) is 39.5 Å². The second-order valence-electron chi connectivity index (χ2n) is 7.05. The van der Waals surface area contributed by atoms with Crippen molar-refractivity contribution in [2.24, 2.45) is 0 Å². The van der Waals surface area contributed by atoms with E-state index in [0.29, 0.717) is 16.7 Å². The number of aromatic hydroxyl groups is 1. The van der Waals surface area contributed by atoms with Gasteiger partial charge in [-0.3, -0.25) is 9.36 Å². The first-order valence-corrected chi connectivity index (χ1v) is 9.68. The van der Waals surface area contributed by atoms with Gasteiger partial charge in [0.15, 0.2) is 0 Å². The molecule has 0 saturated carbocycles. The Balaban J connectivity index is 1.79. The van der Waals surface area contributed by atoms with E-state index in [2.05, 4.69) is 0 Å². The van der Waals surface area contributed by atoms with Gasteiger partial charge in [-0.05, 0) is 47.4 Å². The highest BCUT2D eigenvalue weighted by Gasteiger charge is 2.13. The number of phenolic OH excluding ortho intramolecular Hbond substituents is 1. The summed E-state index contributed by atoms with van der Waals surface area (Å²) in [5.41, 5.74) is 2.24. The highest BCUT2D eigenvalue weighted by molar-refractivity contribution is 5.91. The van der Waals surface area contributed by atoms with Gasteiger partial charge in [0, 0.05) is 5.39 Å². The van der Waals surface area contributed by atoms with Gasteiger partial charge in [-0.1, -0.05) is 66.7 Å². The van der Waals surface area contributed by atoms with Crippen molar-refractivity contribution in [3.63, 3.8) is 0 Å². The second kappa shape index (κ2) is 7.33. The summed E-state index contributed by atoms with van der Waals surface area (Å²) in [5.74, 6) is 0.756. The number of fused-ring (bicyclic) bond motifs is 2. The smallest absolute Gasteiger partial charge is 0.266 e. The summed E-state index contributed by atoms with van der Waals surface area (Å²) in [6.45, 7) is 0. The third kappa shape index (κ3) is 3.14. The van der Waals surface area contributed by atoms with Crippen LogP contribution in [0.5, 0.6) is 5.75 Å². The first-order valence-electron chi connectivity index (χ1n) is 9.68. The van der Waals surface area contributed by atoms with Crippen molar-refractivity contribution in [2.45, 2.75) is 0 Å². The zero-order valence-corrected chi connectivity index (χ0v) is 16.1. The lowest BCUT2D eigenvalue weighted by Gasteiger charge is -2.14. The van der Waals surface area contributed by atoms with E-state index in [0.717, 1.165) is 22.0 Å². The van der Waals surface area contributed by atoms with Crippen molar-refractivity contribution in [1.29, 1.82) is 0 Å². The molecule has 0 radical (unpaired) electrons. The molecule has 144 valence electrons. The molecule has 1 N–H and O–H groups in total. The molecule has 4 aromatic carbocycles. The third-order valence-electron chi connectivity index (χ3n) is 5.13. The number of hydrogen-bond acceptors (Lipinski definition) is 3. The molecular formula is C26H18N2O2. The molecule has 0 aliphatic rings. The van der Waals surface area contributed by atoms with Crippen LogP contribution in [0.4, 0.5) is 0 Å². The van der Waals surface area contributed by atoms with Crippen molar-refractivity contribution >= 4 is 33.8 Å². The molecule has 30 heavy (non-hydrogen) atoms. The average molecular weight is 390 g/mol. The Bertz CT molecular complexity index is 1460. The number of hydrogen-bond donors (Lipinski definition) is 1. The lowest BCUT2D eigenvalue weighted by atomic mass is 10.1. The Hall–Kier alpha value is -4.18. The maximum Gasteiger partial charge on any atom is 0.266 e. The Morgan fingerprint density at radius 1 is 0.733 bits per heavy atom. The lowest BCUT2D eigenvalue weighted by molar-refractivity contribution is 0.475. The molecule has 0 fully saturated rings. The molecule has 0 aliphatic carbocycles. The molecule has 0 amide bonds. The van der Waals surface area contributed by atoms with Crippen LogP contribution in [-0.4, -0.2) is 14.7 Å². The summed E-state index contributed by atoms with van der Waals surface area (Å²) >= 11 is 0. The predicted octanol–water partition coefficient (Wildman–Crippen LogP) is 5.41. The SMILES string of the molecule is O=c1c2ccccc2nc(/C=C/c2ccc(O)cc2)n1-c1cccc2ccccc12. The second-order valence-corrected chi connectivity index (χ2v) is 7.05. The maximum atomic E-state index is 13.5. The van der Waals surface area contributed by atoms with Crippen LogP contribution >= 0.6 is 0 Å². The molecule has 1 aromatic heterocycles. The van der Waals surface area contributed by atoms with E-state index in [9.17, 15) is 9.90 Å². The van der Waals surface area contributed by atoms with Gasteiger partial charge in [-0.15, -0.1) is 0 Å². The van der Waals surface area contributed by atoms with Gasteiger partial charge in [0.25, 0.3) is 5.56 Å². The fraction of sp³-hybridized carbons (Fsp3) is 0. The van der Waals surface area contributed by atoms with Crippen LogP contribution in [0, 0.1) is 0 Å². The van der Waals surface area contributed by atoms with E-state index in [4.69, 9.17) is 4.98 Å². The van der Waals surface area contributed by atoms with Crippen LogP contribution in [0.3, 0.4) is 0 Å². The van der Waals surface area contributed by atoms with Crippen molar-refractivity contribution < 1.29 is 5.11 Å². The van der Waals surface area contributed by atoms with E-state index >= 15 is 0 Å². The van der Waals surface area contributed by atoms with Crippen LogP contribution in [-0.2, 0) is 0 Å². The maximum absolute atomic E-state index is 13.5. The first kappa shape index (κ1) is 17.9. The zero-order valence-electron chi connectivity index (χ0n) is 16.1. The number of aromatic nitrogens is 2. The van der Waals surface area contributed by atoms with Gasteiger partial charge >= 0.3 is 0 Å². The molecule has 0 aliphatic heterocycles. The average Bonchev–Trinajstić information content (AvgIpc) is 2.79. The van der Waals surface area contributed by atoms with E-state index in [-0.39, 0.29) is 11.3 Å². The summed E-state index contributed by atoms with van der Waals surface area (Å²) in [6.07, 6.45) is 3.72. The van der Waals surface area contributed by atoms with Crippen molar-refractivity contribution in [3.8, 4) is 11.4 Å². The highest BCUT2D eigenvalue weighted by atomic mass is 16.3. The molecule has 0 unspecified atom stereocenters. The number of para-hydroxylation sites is 1. The Morgan fingerprint density at radius 2 is 1.43 bits per heavy atom. The summed E-state index contributed by atoms with van der Waals surface area (Å²) in [5, 5.41) is 12.1. The van der Waals surface area contributed by atoms with Gasteiger partial charge in [0.2, 0.25) is 0 Å². The molecule has 0 spiro atoms. The van der Waals surface area contributed by atoms with Gasteiger partial charge in [0.1, 0.15) is 11.6 Å². The summed E-state index contributed by atoms with van der Waals surface area (Å²) in [7, 11) is 0. The largest absolute Gasteiger partial charge is 0.508 e. The monoisotopic (exact) mass is 390 g/mol. The van der Waals surface area contributed by atoms with E-state index in [1.807, 2.05) is 84.9 Å². The Kier molecular flexibility index (Phi) is 4.37. The Morgan fingerprint density at radius 3 is 2.27 bits per heavy atom. The first-order chi connectivity index (χ1) is 14.7. The molecule has 0 saturated heterocycles. The number of phenols is 1. The molecule has 5 rings (SSSR count). The van der Waals surface area contributed by atoms with Crippen LogP contribution in [0.15, 0.2) is 95.8 Å². The number of nitrogens with zero attached hydrogens (tertiary/aromatic N) is 2. The minimum atomic E-state index is -0.109. The minimum Gasteiger partial charge on any atom is -0.508 e. The summed E-state index contributed by atoms with van der Waals surface area (Å²) < 4.78 is 1.67.